The standard InChI is InChI=1S/C11H11ClN4O2/c1-2-18-10(17)9-11(14-9,15-16-13)7-3-5-8(12)6-4-7/h3-6,9,14H,2H2,1H3. The number of benzene rings is 1. The van der Waals surface area contributed by atoms with Gasteiger partial charge in [0.25, 0.3) is 0 Å². The predicted octanol–water partition coefficient (Wildman–Crippen LogP) is 2.34. The summed E-state index contributed by atoms with van der Waals surface area (Å²) in [6.45, 7) is 2.00. The van der Waals surface area contributed by atoms with Crippen LogP contribution in [0.25, 0.3) is 10.4 Å². The summed E-state index contributed by atoms with van der Waals surface area (Å²) in [6.07, 6.45) is 0. The fourth-order valence-electron chi connectivity index (χ4n) is 1.80. The molecule has 0 radical (unpaired) electrons. The first-order valence-corrected chi connectivity index (χ1v) is 5.78. The van der Waals surface area contributed by atoms with E-state index in [2.05, 4.69) is 15.3 Å². The van der Waals surface area contributed by atoms with Crippen LogP contribution in [0.4, 0.5) is 0 Å². The summed E-state index contributed by atoms with van der Waals surface area (Å²) >= 11 is 5.79. The number of hydrogen-bond donors (Lipinski definition) is 1. The molecule has 1 aliphatic rings. The van der Waals surface area contributed by atoms with Crippen LogP contribution in [-0.4, -0.2) is 18.6 Å². The van der Waals surface area contributed by atoms with Crippen LogP contribution >= 0.6 is 11.6 Å². The monoisotopic (exact) mass is 266 g/mol. The molecule has 1 aromatic rings. The second-order valence-corrected chi connectivity index (χ2v) is 4.23. The normalized spacial score (nSPS) is 25.1. The molecule has 0 aromatic heterocycles. The van der Waals surface area contributed by atoms with Crippen molar-refractivity contribution >= 4 is 17.6 Å². The van der Waals surface area contributed by atoms with E-state index >= 15 is 0 Å². The number of azide groups is 1. The lowest BCUT2D eigenvalue weighted by Gasteiger charge is -2.08. The van der Waals surface area contributed by atoms with Crippen LogP contribution in [0, 0.1) is 0 Å². The lowest BCUT2D eigenvalue weighted by Crippen LogP contribution is -2.19. The lowest BCUT2D eigenvalue weighted by atomic mass is 10.0. The van der Waals surface area contributed by atoms with Crippen LogP contribution < -0.4 is 5.32 Å². The molecule has 0 aliphatic carbocycles. The molecule has 0 spiro atoms. The molecule has 2 rings (SSSR count). The quantitative estimate of drug-likeness (QED) is 0.298. The van der Waals surface area contributed by atoms with Crippen molar-refractivity contribution in [1.29, 1.82) is 0 Å². The Balaban J connectivity index is 2.28. The highest BCUT2D eigenvalue weighted by Crippen LogP contribution is 2.40. The SMILES string of the molecule is CCOC(=O)C1NC1(N=[N+]=[N-])c1ccc(Cl)cc1. The summed E-state index contributed by atoms with van der Waals surface area (Å²) in [4.78, 5) is 14.4. The molecule has 2 atom stereocenters. The molecule has 94 valence electrons. The topological polar surface area (TPSA) is 97.0 Å². The summed E-state index contributed by atoms with van der Waals surface area (Å²) < 4.78 is 4.90. The van der Waals surface area contributed by atoms with E-state index < -0.39 is 17.7 Å². The van der Waals surface area contributed by atoms with E-state index in [0.29, 0.717) is 10.6 Å². The molecule has 18 heavy (non-hydrogen) atoms. The van der Waals surface area contributed by atoms with Crippen LogP contribution in [0.5, 0.6) is 0 Å². The van der Waals surface area contributed by atoms with Crippen molar-refractivity contribution < 1.29 is 9.53 Å². The van der Waals surface area contributed by atoms with Gasteiger partial charge in [-0.25, -0.2) is 0 Å². The van der Waals surface area contributed by atoms with Crippen LogP contribution in [0.2, 0.25) is 5.02 Å². The second-order valence-electron chi connectivity index (χ2n) is 3.79. The minimum absolute atomic E-state index is 0.282. The summed E-state index contributed by atoms with van der Waals surface area (Å²) in [6, 6.07) is 6.13. The van der Waals surface area contributed by atoms with Gasteiger partial charge in [0.15, 0.2) is 5.66 Å². The molecule has 6 nitrogen and oxygen atoms in total. The maximum absolute atomic E-state index is 11.6. The predicted molar refractivity (Wildman–Crippen MR) is 65.8 cm³/mol. The lowest BCUT2D eigenvalue weighted by molar-refractivity contribution is -0.142. The maximum Gasteiger partial charge on any atom is 0.325 e. The Kier molecular flexibility index (Phi) is 3.43. The molecular formula is C11H11ClN4O2. The molecule has 1 aromatic carbocycles. The highest BCUT2D eigenvalue weighted by atomic mass is 35.5. The van der Waals surface area contributed by atoms with E-state index in [1.807, 2.05) is 0 Å². The van der Waals surface area contributed by atoms with Crippen molar-refractivity contribution in [3.05, 3.63) is 45.3 Å². The van der Waals surface area contributed by atoms with Crippen molar-refractivity contribution in [3.63, 3.8) is 0 Å². The molecule has 1 N–H and O–H groups in total. The third-order valence-electron chi connectivity index (χ3n) is 2.71. The van der Waals surface area contributed by atoms with E-state index in [1.165, 1.54) is 0 Å². The van der Waals surface area contributed by atoms with Crippen LogP contribution in [0.15, 0.2) is 29.4 Å². The van der Waals surface area contributed by atoms with Gasteiger partial charge in [-0.2, -0.15) is 0 Å². The zero-order valence-corrected chi connectivity index (χ0v) is 10.4. The Morgan fingerprint density at radius 1 is 1.61 bits per heavy atom. The number of carbonyl (C=O) groups is 1. The van der Waals surface area contributed by atoms with E-state index in [4.69, 9.17) is 21.9 Å². The van der Waals surface area contributed by atoms with Gasteiger partial charge in [0.05, 0.1) is 6.61 Å². The average Bonchev–Trinajstić information content (AvgIpc) is 3.06. The fraction of sp³-hybridized carbons (Fsp3) is 0.364. The average molecular weight is 267 g/mol. The molecule has 1 heterocycles. The van der Waals surface area contributed by atoms with Gasteiger partial charge in [-0.15, -0.1) is 0 Å². The highest BCUT2D eigenvalue weighted by molar-refractivity contribution is 6.30. The number of esters is 1. The van der Waals surface area contributed by atoms with Crippen molar-refractivity contribution in [2.24, 2.45) is 5.11 Å². The van der Waals surface area contributed by atoms with Gasteiger partial charge in [-0.3, -0.25) is 10.1 Å². The number of carbonyl (C=O) groups excluding carboxylic acids is 1. The maximum atomic E-state index is 11.6. The van der Waals surface area contributed by atoms with Gasteiger partial charge in [0.1, 0.15) is 6.04 Å². The highest BCUT2D eigenvalue weighted by Gasteiger charge is 2.60. The van der Waals surface area contributed by atoms with Crippen molar-refractivity contribution in [1.82, 2.24) is 5.32 Å². The first-order chi connectivity index (χ1) is 8.64. The van der Waals surface area contributed by atoms with Gasteiger partial charge in [0, 0.05) is 9.93 Å². The van der Waals surface area contributed by atoms with E-state index in [1.54, 1.807) is 31.2 Å². The van der Waals surface area contributed by atoms with E-state index in [0.717, 1.165) is 0 Å². The van der Waals surface area contributed by atoms with E-state index in [-0.39, 0.29) is 6.61 Å². The minimum Gasteiger partial charge on any atom is -0.465 e. The molecule has 7 heteroatoms. The Morgan fingerprint density at radius 3 is 2.83 bits per heavy atom. The van der Waals surface area contributed by atoms with Crippen LogP contribution in [0.3, 0.4) is 0 Å². The molecule has 0 bridgehead atoms. The summed E-state index contributed by atoms with van der Waals surface area (Å²) in [5.74, 6) is -0.431. The van der Waals surface area contributed by atoms with Gasteiger partial charge < -0.3 is 4.74 Å². The minimum atomic E-state index is -1.05. The summed E-state index contributed by atoms with van der Waals surface area (Å²) in [5.41, 5.74) is 8.26. The largest absolute Gasteiger partial charge is 0.465 e. The van der Waals surface area contributed by atoms with Gasteiger partial charge in [0.2, 0.25) is 0 Å². The number of ether oxygens (including phenoxy) is 1. The Hall–Kier alpha value is -1.75. The van der Waals surface area contributed by atoms with Crippen LogP contribution in [0.1, 0.15) is 12.5 Å². The Bertz CT molecular complexity index is 512. The smallest absolute Gasteiger partial charge is 0.325 e. The molecule has 0 amide bonds. The fourth-order valence-corrected chi connectivity index (χ4v) is 1.93. The van der Waals surface area contributed by atoms with Crippen LogP contribution in [-0.2, 0) is 15.2 Å². The number of nitrogens with zero attached hydrogens (tertiary/aromatic N) is 3. The molecule has 1 saturated heterocycles. The number of hydrogen-bond acceptors (Lipinski definition) is 4. The number of nitrogens with one attached hydrogen (secondary N) is 1. The van der Waals surface area contributed by atoms with Crippen molar-refractivity contribution in [2.75, 3.05) is 6.61 Å². The molecule has 1 aliphatic heterocycles. The van der Waals surface area contributed by atoms with Gasteiger partial charge >= 0.3 is 5.97 Å². The zero-order valence-electron chi connectivity index (χ0n) is 9.63. The van der Waals surface area contributed by atoms with Crippen molar-refractivity contribution in [2.45, 2.75) is 18.6 Å². The van der Waals surface area contributed by atoms with Crippen molar-refractivity contribution in [3.8, 4) is 0 Å². The van der Waals surface area contributed by atoms with Gasteiger partial charge in [-0.05, 0) is 30.2 Å². The number of halogens is 1. The third-order valence-corrected chi connectivity index (χ3v) is 2.96. The first kappa shape index (κ1) is 12.7. The number of rotatable bonds is 4. The Labute approximate surface area is 109 Å². The second kappa shape index (κ2) is 4.86. The summed E-state index contributed by atoms with van der Waals surface area (Å²) in [7, 11) is 0. The first-order valence-electron chi connectivity index (χ1n) is 5.40. The molecule has 0 saturated carbocycles. The van der Waals surface area contributed by atoms with E-state index in [9.17, 15) is 4.79 Å². The molecular weight excluding hydrogens is 256 g/mol. The van der Waals surface area contributed by atoms with Gasteiger partial charge in [-0.1, -0.05) is 28.8 Å². The molecule has 2 unspecified atom stereocenters. The zero-order chi connectivity index (χ0) is 13.2. The Morgan fingerprint density at radius 2 is 2.28 bits per heavy atom. The molecule has 1 fully saturated rings. The third kappa shape index (κ3) is 2.13. The summed E-state index contributed by atoms with van der Waals surface area (Å²) in [5, 5.41) is 7.12.